The first-order valence-electron chi connectivity index (χ1n) is 7.99. The first-order valence-corrected chi connectivity index (χ1v) is 7.99. The quantitative estimate of drug-likeness (QED) is 0.798. The van der Waals surface area contributed by atoms with E-state index in [1.54, 1.807) is 30.5 Å². The standard InChI is InChI=1S/C18H17N5O2/c19-10-13-3-1-4-14(9-13)17(24)22-16-5-2-8-23(16)15-6-7-21-12-18(15,25)11-20/h1,3-4,6-7,9,16,25H,2,5,8,12H2,(H,22,24). The summed E-state index contributed by atoms with van der Waals surface area (Å²) in [6.07, 6.45) is 4.40. The Morgan fingerprint density at radius 2 is 2.28 bits per heavy atom. The van der Waals surface area contributed by atoms with Gasteiger partial charge < -0.3 is 15.3 Å². The van der Waals surface area contributed by atoms with E-state index in [2.05, 4.69) is 10.3 Å². The minimum absolute atomic E-state index is 0.0171. The van der Waals surface area contributed by atoms with Crippen molar-refractivity contribution in [3.63, 3.8) is 0 Å². The summed E-state index contributed by atoms with van der Waals surface area (Å²) >= 11 is 0. The molecule has 2 atom stereocenters. The van der Waals surface area contributed by atoms with E-state index < -0.39 is 5.60 Å². The SMILES string of the molecule is N#Cc1cccc(C(=O)NC2CCCN2C2=CC=NCC2(O)C#N)c1. The number of rotatable bonds is 3. The highest BCUT2D eigenvalue weighted by Crippen LogP contribution is 2.29. The zero-order valence-electron chi connectivity index (χ0n) is 13.5. The van der Waals surface area contributed by atoms with Gasteiger partial charge in [0.25, 0.3) is 5.91 Å². The molecule has 2 heterocycles. The molecule has 1 aromatic rings. The third kappa shape index (κ3) is 3.23. The van der Waals surface area contributed by atoms with Gasteiger partial charge >= 0.3 is 0 Å². The topological polar surface area (TPSA) is 113 Å². The molecule has 25 heavy (non-hydrogen) atoms. The number of benzene rings is 1. The molecular formula is C18H17N5O2. The fourth-order valence-electron chi connectivity index (χ4n) is 3.12. The molecule has 2 unspecified atom stereocenters. The van der Waals surface area contributed by atoms with Crippen molar-refractivity contribution in [1.29, 1.82) is 10.5 Å². The maximum absolute atomic E-state index is 12.5. The van der Waals surface area contributed by atoms with Gasteiger partial charge in [-0.1, -0.05) is 6.07 Å². The molecule has 0 aromatic heterocycles. The lowest BCUT2D eigenvalue weighted by atomic mass is 9.98. The number of carbonyl (C=O) groups is 1. The average Bonchev–Trinajstić information content (AvgIpc) is 3.09. The van der Waals surface area contributed by atoms with Gasteiger partial charge in [0.2, 0.25) is 5.60 Å². The minimum Gasteiger partial charge on any atom is -0.369 e. The monoisotopic (exact) mass is 335 g/mol. The van der Waals surface area contributed by atoms with Crippen LogP contribution in [0.1, 0.15) is 28.8 Å². The minimum atomic E-state index is -1.68. The molecule has 2 aliphatic heterocycles. The van der Waals surface area contributed by atoms with Crippen LogP contribution in [-0.2, 0) is 0 Å². The molecule has 1 aromatic carbocycles. The largest absolute Gasteiger partial charge is 0.369 e. The number of aliphatic imine (C=N–C) groups is 1. The third-order valence-corrected chi connectivity index (χ3v) is 4.38. The van der Waals surface area contributed by atoms with Crippen molar-refractivity contribution in [3.05, 3.63) is 47.2 Å². The zero-order valence-corrected chi connectivity index (χ0v) is 13.5. The van der Waals surface area contributed by atoms with Gasteiger partial charge in [0.05, 0.1) is 23.9 Å². The summed E-state index contributed by atoms with van der Waals surface area (Å²) in [7, 11) is 0. The van der Waals surface area contributed by atoms with E-state index in [9.17, 15) is 15.2 Å². The molecule has 126 valence electrons. The van der Waals surface area contributed by atoms with Crippen LogP contribution in [0.15, 0.2) is 41.0 Å². The van der Waals surface area contributed by atoms with E-state index in [1.165, 1.54) is 6.07 Å². The van der Waals surface area contributed by atoms with Crippen LogP contribution in [0.3, 0.4) is 0 Å². The highest BCUT2D eigenvalue weighted by Gasteiger charge is 2.40. The van der Waals surface area contributed by atoms with Gasteiger partial charge in [-0.25, -0.2) is 0 Å². The smallest absolute Gasteiger partial charge is 0.252 e. The number of nitrogens with one attached hydrogen (secondary N) is 1. The summed E-state index contributed by atoms with van der Waals surface area (Å²) < 4.78 is 0. The number of allylic oxidation sites excluding steroid dienone is 1. The van der Waals surface area contributed by atoms with Crippen molar-refractivity contribution >= 4 is 12.1 Å². The van der Waals surface area contributed by atoms with E-state index in [-0.39, 0.29) is 18.6 Å². The van der Waals surface area contributed by atoms with Crippen LogP contribution in [0.25, 0.3) is 0 Å². The highest BCUT2D eigenvalue weighted by molar-refractivity contribution is 5.94. The number of amides is 1. The number of likely N-dealkylation sites (tertiary alicyclic amines) is 1. The van der Waals surface area contributed by atoms with Crippen LogP contribution >= 0.6 is 0 Å². The van der Waals surface area contributed by atoms with Gasteiger partial charge in [0.1, 0.15) is 12.2 Å². The van der Waals surface area contributed by atoms with Gasteiger partial charge in [-0.15, -0.1) is 0 Å². The number of nitriles is 2. The summed E-state index contributed by atoms with van der Waals surface area (Å²) in [5.74, 6) is -0.292. The Labute approximate surface area is 145 Å². The van der Waals surface area contributed by atoms with Crippen molar-refractivity contribution in [1.82, 2.24) is 10.2 Å². The van der Waals surface area contributed by atoms with E-state index >= 15 is 0 Å². The first kappa shape index (κ1) is 16.7. The molecule has 2 N–H and O–H groups in total. The second kappa shape index (κ2) is 6.76. The Kier molecular flexibility index (Phi) is 4.51. The Morgan fingerprint density at radius 1 is 1.44 bits per heavy atom. The normalized spacial score (nSPS) is 25.0. The van der Waals surface area contributed by atoms with Crippen molar-refractivity contribution in [2.75, 3.05) is 13.1 Å². The van der Waals surface area contributed by atoms with Gasteiger partial charge in [0, 0.05) is 18.3 Å². The molecule has 1 fully saturated rings. The molecular weight excluding hydrogens is 318 g/mol. The van der Waals surface area contributed by atoms with Crippen LogP contribution in [0.4, 0.5) is 0 Å². The van der Waals surface area contributed by atoms with E-state index in [1.807, 2.05) is 17.0 Å². The summed E-state index contributed by atoms with van der Waals surface area (Å²) in [6, 6.07) is 10.4. The molecule has 7 heteroatoms. The van der Waals surface area contributed by atoms with Crippen molar-refractivity contribution < 1.29 is 9.90 Å². The van der Waals surface area contributed by atoms with E-state index in [0.717, 1.165) is 6.42 Å². The lowest BCUT2D eigenvalue weighted by molar-refractivity contribution is 0.0801. The van der Waals surface area contributed by atoms with Crippen LogP contribution < -0.4 is 5.32 Å². The Bertz CT molecular complexity index is 833. The lowest BCUT2D eigenvalue weighted by Gasteiger charge is -2.36. The lowest BCUT2D eigenvalue weighted by Crippen LogP contribution is -2.50. The summed E-state index contributed by atoms with van der Waals surface area (Å²) in [6.45, 7) is 0.615. The predicted molar refractivity (Wildman–Crippen MR) is 90.4 cm³/mol. The van der Waals surface area contributed by atoms with Crippen LogP contribution in [-0.4, -0.2) is 47.0 Å². The maximum atomic E-state index is 12.5. The molecule has 1 saturated heterocycles. The molecule has 0 radical (unpaired) electrons. The first-order chi connectivity index (χ1) is 12.1. The summed E-state index contributed by atoms with van der Waals surface area (Å²) in [5, 5.41) is 31.7. The van der Waals surface area contributed by atoms with Crippen LogP contribution in [0.2, 0.25) is 0 Å². The van der Waals surface area contributed by atoms with Crippen molar-refractivity contribution in [2.45, 2.75) is 24.6 Å². The van der Waals surface area contributed by atoms with Crippen LogP contribution in [0, 0.1) is 22.7 Å². The molecule has 0 aliphatic carbocycles. The number of carbonyl (C=O) groups excluding carboxylic acids is 1. The maximum Gasteiger partial charge on any atom is 0.252 e. The fraction of sp³-hybridized carbons (Fsp3) is 0.333. The van der Waals surface area contributed by atoms with E-state index in [4.69, 9.17) is 5.26 Å². The van der Waals surface area contributed by atoms with E-state index in [0.29, 0.717) is 29.8 Å². The highest BCUT2D eigenvalue weighted by atomic mass is 16.3. The molecule has 7 nitrogen and oxygen atoms in total. The van der Waals surface area contributed by atoms with Gasteiger partial charge in [-0.3, -0.25) is 9.79 Å². The number of hydrogen-bond acceptors (Lipinski definition) is 6. The number of nitrogens with zero attached hydrogens (tertiary/aromatic N) is 4. The number of aliphatic hydroxyl groups is 1. The van der Waals surface area contributed by atoms with Gasteiger partial charge in [0.15, 0.2) is 0 Å². The second-order valence-corrected chi connectivity index (χ2v) is 6.03. The molecule has 3 rings (SSSR count). The van der Waals surface area contributed by atoms with Gasteiger partial charge in [-0.05, 0) is 37.1 Å². The Hall–Kier alpha value is -3.16. The average molecular weight is 335 g/mol. The summed E-state index contributed by atoms with van der Waals surface area (Å²) in [4.78, 5) is 18.3. The van der Waals surface area contributed by atoms with Crippen molar-refractivity contribution in [2.24, 2.45) is 4.99 Å². The molecule has 2 aliphatic rings. The van der Waals surface area contributed by atoms with Crippen molar-refractivity contribution in [3.8, 4) is 12.1 Å². The predicted octanol–water partition coefficient (Wildman–Crippen LogP) is 0.933. The zero-order chi connectivity index (χ0) is 17.9. The number of dihydropyridines is 1. The third-order valence-electron chi connectivity index (χ3n) is 4.38. The number of hydrogen-bond donors (Lipinski definition) is 2. The molecule has 0 saturated carbocycles. The summed E-state index contributed by atoms with van der Waals surface area (Å²) in [5.41, 5.74) is -0.400. The fourth-order valence-corrected chi connectivity index (χ4v) is 3.12. The Morgan fingerprint density at radius 3 is 3.04 bits per heavy atom. The van der Waals surface area contributed by atoms with Gasteiger partial charge in [-0.2, -0.15) is 10.5 Å². The Balaban J connectivity index is 1.79. The van der Waals surface area contributed by atoms with Crippen LogP contribution in [0.5, 0.6) is 0 Å². The molecule has 0 bridgehead atoms. The molecule has 0 spiro atoms. The molecule has 1 amide bonds. The second-order valence-electron chi connectivity index (χ2n) is 6.03.